The number of fused-ring (bicyclic) bond motifs is 13. The number of para-hydroxylation sites is 1. The van der Waals surface area contributed by atoms with Crippen LogP contribution in [0.4, 0.5) is 11.4 Å². The highest BCUT2D eigenvalue weighted by Gasteiger charge is 2.38. The van der Waals surface area contributed by atoms with E-state index in [1.807, 2.05) is 6.26 Å². The van der Waals surface area contributed by atoms with Crippen LogP contribution in [0.5, 0.6) is 0 Å². The molecular weight excluding hydrogens is 803 g/mol. The number of hydrogen-bond donors (Lipinski definition) is 1. The lowest BCUT2D eigenvalue weighted by Gasteiger charge is -2.26. The SMILES string of the molecule is CC(C)(C)c1ccc(Nc2cc3c(cc2-c2c4c5c(c6cc(C(C)(C)C)ccc6n5-c5cc6c(-c7ccccc7)coc6cc5[B]4)c4oc5ccccc5c24)-c2ccccc2C3(C)C)cc1. The summed E-state index contributed by atoms with van der Waals surface area (Å²) in [4.78, 5) is 0. The van der Waals surface area contributed by atoms with Crippen LogP contribution in [0.25, 0.3) is 93.8 Å². The van der Waals surface area contributed by atoms with Crippen molar-refractivity contribution in [2.75, 3.05) is 5.32 Å². The van der Waals surface area contributed by atoms with Gasteiger partial charge in [0.25, 0.3) is 0 Å². The Bertz CT molecular complexity index is 3850. The van der Waals surface area contributed by atoms with Crippen LogP contribution >= 0.6 is 0 Å². The normalized spacial score (nSPS) is 14.0. The molecule has 2 aliphatic rings. The second kappa shape index (κ2) is 13.4. The molecule has 0 bridgehead atoms. The Labute approximate surface area is 386 Å². The second-order valence-electron chi connectivity index (χ2n) is 21.3. The molecule has 0 amide bonds. The molecule has 1 radical (unpaired) electrons. The van der Waals surface area contributed by atoms with Crippen LogP contribution in [-0.2, 0) is 16.2 Å². The number of aromatic nitrogens is 1. The maximum Gasteiger partial charge on any atom is 0.198 e. The van der Waals surface area contributed by atoms with Crippen molar-refractivity contribution in [3.05, 3.63) is 174 Å². The zero-order chi connectivity index (χ0) is 45.0. The summed E-state index contributed by atoms with van der Waals surface area (Å²) >= 11 is 0. The van der Waals surface area contributed by atoms with Gasteiger partial charge < -0.3 is 18.7 Å². The summed E-state index contributed by atoms with van der Waals surface area (Å²) in [6, 6.07) is 53.7. The zero-order valence-corrected chi connectivity index (χ0v) is 38.8. The molecule has 0 fully saturated rings. The Morgan fingerprint density at radius 1 is 0.576 bits per heavy atom. The van der Waals surface area contributed by atoms with Crippen LogP contribution in [-0.4, -0.2) is 11.8 Å². The molecule has 5 heteroatoms. The van der Waals surface area contributed by atoms with Crippen molar-refractivity contribution >= 4 is 84.3 Å². The topological polar surface area (TPSA) is 43.2 Å². The zero-order valence-electron chi connectivity index (χ0n) is 38.8. The largest absolute Gasteiger partial charge is 0.464 e. The summed E-state index contributed by atoms with van der Waals surface area (Å²) in [5.41, 5.74) is 22.6. The quantitative estimate of drug-likeness (QED) is 0.179. The van der Waals surface area contributed by atoms with Crippen LogP contribution in [0.15, 0.2) is 161 Å². The molecule has 0 spiro atoms. The fourth-order valence-corrected chi connectivity index (χ4v) is 11.3. The molecule has 0 saturated heterocycles. The Kier molecular flexibility index (Phi) is 7.96. The van der Waals surface area contributed by atoms with Crippen molar-refractivity contribution in [2.24, 2.45) is 0 Å². The molecule has 8 aromatic carbocycles. The first-order valence-corrected chi connectivity index (χ1v) is 23.3. The van der Waals surface area contributed by atoms with Gasteiger partial charge in [0.05, 0.1) is 22.7 Å². The second-order valence-corrected chi connectivity index (χ2v) is 21.3. The lowest BCUT2D eigenvalue weighted by atomic mass is 9.58. The molecule has 4 heterocycles. The molecular formula is C61H50BN2O2. The summed E-state index contributed by atoms with van der Waals surface area (Å²) in [6.45, 7) is 18.4. The van der Waals surface area contributed by atoms with Gasteiger partial charge in [0.1, 0.15) is 16.7 Å². The van der Waals surface area contributed by atoms with Crippen LogP contribution < -0.4 is 16.2 Å². The van der Waals surface area contributed by atoms with E-state index in [1.165, 1.54) is 38.8 Å². The van der Waals surface area contributed by atoms with E-state index in [0.717, 1.165) is 99.6 Å². The summed E-state index contributed by atoms with van der Waals surface area (Å²) in [5.74, 6) is 0. The van der Waals surface area contributed by atoms with Crippen molar-refractivity contribution in [1.29, 1.82) is 0 Å². The maximum atomic E-state index is 7.24. The summed E-state index contributed by atoms with van der Waals surface area (Å²) in [7, 11) is 2.43. The van der Waals surface area contributed by atoms with Crippen LogP contribution in [0.3, 0.4) is 0 Å². The van der Waals surface area contributed by atoms with Gasteiger partial charge in [-0.15, -0.1) is 0 Å². The first-order valence-electron chi connectivity index (χ1n) is 23.3. The monoisotopic (exact) mass is 853 g/mol. The number of furan rings is 2. The average Bonchev–Trinajstić information content (AvgIpc) is 4.05. The van der Waals surface area contributed by atoms with Crippen LogP contribution in [0.1, 0.15) is 77.6 Å². The Morgan fingerprint density at radius 3 is 2.09 bits per heavy atom. The van der Waals surface area contributed by atoms with E-state index >= 15 is 0 Å². The van der Waals surface area contributed by atoms with E-state index in [-0.39, 0.29) is 16.2 Å². The van der Waals surface area contributed by atoms with Crippen molar-refractivity contribution in [2.45, 2.75) is 71.6 Å². The summed E-state index contributed by atoms with van der Waals surface area (Å²) in [6.07, 6.45) is 1.91. The predicted octanol–water partition coefficient (Wildman–Crippen LogP) is 15.4. The number of nitrogens with zero attached hydrogens (tertiary/aromatic N) is 1. The molecule has 11 aromatic rings. The van der Waals surface area contributed by atoms with E-state index in [0.29, 0.717) is 0 Å². The number of anilines is 2. The van der Waals surface area contributed by atoms with Gasteiger partial charge in [0.15, 0.2) is 7.28 Å². The van der Waals surface area contributed by atoms with E-state index in [1.54, 1.807) is 0 Å². The van der Waals surface area contributed by atoms with Crippen molar-refractivity contribution in [3.8, 4) is 39.1 Å². The van der Waals surface area contributed by atoms with E-state index < -0.39 is 0 Å². The average molecular weight is 854 g/mol. The molecule has 3 aromatic heterocycles. The van der Waals surface area contributed by atoms with Gasteiger partial charge in [0.2, 0.25) is 0 Å². The molecule has 1 aliphatic carbocycles. The highest BCUT2D eigenvalue weighted by atomic mass is 16.3. The third-order valence-corrected chi connectivity index (χ3v) is 14.8. The molecule has 319 valence electrons. The predicted molar refractivity (Wildman–Crippen MR) is 278 cm³/mol. The number of nitrogens with one attached hydrogen (secondary N) is 1. The van der Waals surface area contributed by atoms with Crippen molar-refractivity contribution in [3.63, 3.8) is 0 Å². The number of rotatable bonds is 4. The fraction of sp³-hybridized carbons (Fsp3) is 0.180. The lowest BCUT2D eigenvalue weighted by molar-refractivity contribution is 0.590. The van der Waals surface area contributed by atoms with Gasteiger partial charge >= 0.3 is 0 Å². The summed E-state index contributed by atoms with van der Waals surface area (Å²) in [5, 5.41) is 9.66. The van der Waals surface area contributed by atoms with Crippen molar-refractivity contribution in [1.82, 2.24) is 4.57 Å². The van der Waals surface area contributed by atoms with Crippen molar-refractivity contribution < 1.29 is 8.83 Å². The highest BCUT2D eigenvalue weighted by Crippen LogP contribution is 2.54. The van der Waals surface area contributed by atoms with Gasteiger partial charge in [0, 0.05) is 55.1 Å². The van der Waals surface area contributed by atoms with Gasteiger partial charge in [-0.1, -0.05) is 152 Å². The molecule has 1 N–H and O–H groups in total. The number of benzene rings is 8. The fourth-order valence-electron chi connectivity index (χ4n) is 11.3. The Morgan fingerprint density at radius 2 is 1.30 bits per heavy atom. The maximum absolute atomic E-state index is 7.24. The van der Waals surface area contributed by atoms with E-state index in [4.69, 9.17) is 8.83 Å². The first kappa shape index (κ1) is 39.2. The van der Waals surface area contributed by atoms with Crippen LogP contribution in [0.2, 0.25) is 0 Å². The smallest absolute Gasteiger partial charge is 0.198 e. The third kappa shape index (κ3) is 5.52. The molecule has 13 rings (SSSR count). The standard InChI is InChI=1S/C61H50BN2O2/c1-59(2,3)35-22-25-37(26-23-35)63-48-31-46-40(38-18-12-14-20-45(38)61(46,7)8)29-42(48)53-54-39-19-13-15-21-51(39)66-58(54)55-43-28-36(60(4,5)6)24-27-49(43)64-50-30-41-44(34-16-10-9-11-17-34)33-65-52(41)32-47(50)62-56(53)57(55)64/h9-33,63H,1-8H3. The van der Waals surface area contributed by atoms with E-state index in [2.05, 4.69) is 218 Å². The molecule has 0 saturated carbocycles. The minimum absolute atomic E-state index is 0.0433. The molecule has 0 unspecified atom stereocenters. The highest BCUT2D eigenvalue weighted by molar-refractivity contribution is 6.74. The summed E-state index contributed by atoms with van der Waals surface area (Å²) < 4.78 is 16.2. The Hall–Kier alpha value is -7.24. The van der Waals surface area contributed by atoms with Gasteiger partial charge in [-0.25, -0.2) is 0 Å². The van der Waals surface area contributed by atoms with Gasteiger partial charge in [-0.3, -0.25) is 0 Å². The lowest BCUT2D eigenvalue weighted by Crippen LogP contribution is -2.37. The molecule has 4 nitrogen and oxygen atoms in total. The molecule has 1 aliphatic heterocycles. The first-order chi connectivity index (χ1) is 31.7. The molecule has 0 atom stereocenters. The van der Waals surface area contributed by atoms with Gasteiger partial charge in [-0.2, -0.15) is 0 Å². The third-order valence-electron chi connectivity index (χ3n) is 14.8. The Balaban J connectivity index is 1.19. The minimum atomic E-state index is -0.192. The van der Waals surface area contributed by atoms with Gasteiger partial charge in [-0.05, 0) is 115 Å². The number of hydrogen-bond acceptors (Lipinski definition) is 3. The molecule has 66 heavy (non-hydrogen) atoms. The minimum Gasteiger partial charge on any atom is -0.464 e. The van der Waals surface area contributed by atoms with Crippen LogP contribution in [0, 0.1) is 0 Å². The van der Waals surface area contributed by atoms with E-state index in [9.17, 15) is 0 Å².